The summed E-state index contributed by atoms with van der Waals surface area (Å²) in [6.07, 6.45) is 2.69. The van der Waals surface area contributed by atoms with Crippen molar-refractivity contribution in [3.05, 3.63) is 55.6 Å². The van der Waals surface area contributed by atoms with Crippen LogP contribution in [0.5, 0.6) is 0 Å². The van der Waals surface area contributed by atoms with Gasteiger partial charge in [-0.05, 0) is 59.0 Å². The van der Waals surface area contributed by atoms with Gasteiger partial charge in [0, 0.05) is 17.6 Å². The molecular formula is C18H18BrClN2O2S. The molecule has 1 unspecified atom stereocenters. The molecule has 1 N–H and O–H groups in total. The molecule has 1 aromatic carbocycles. The van der Waals surface area contributed by atoms with Crippen LogP contribution in [0.1, 0.15) is 28.1 Å². The Morgan fingerprint density at radius 2 is 2.08 bits per heavy atom. The van der Waals surface area contributed by atoms with Gasteiger partial charge in [0.15, 0.2) is 0 Å². The van der Waals surface area contributed by atoms with Crippen molar-refractivity contribution in [3.63, 3.8) is 0 Å². The van der Waals surface area contributed by atoms with Crippen molar-refractivity contribution >= 4 is 50.7 Å². The average Bonchev–Trinajstić information content (AvgIpc) is 3.23. The highest BCUT2D eigenvalue weighted by molar-refractivity contribution is 9.11. The van der Waals surface area contributed by atoms with Gasteiger partial charge in [-0.3, -0.25) is 9.59 Å². The number of thiophene rings is 1. The van der Waals surface area contributed by atoms with E-state index in [9.17, 15) is 9.59 Å². The van der Waals surface area contributed by atoms with Crippen molar-refractivity contribution in [1.82, 2.24) is 10.2 Å². The van der Waals surface area contributed by atoms with Gasteiger partial charge in [-0.1, -0.05) is 29.8 Å². The third kappa shape index (κ3) is 4.63. The zero-order chi connectivity index (χ0) is 17.8. The fraction of sp³-hybridized carbons (Fsp3) is 0.333. The number of hydrogen-bond acceptors (Lipinski definition) is 3. The van der Waals surface area contributed by atoms with Crippen molar-refractivity contribution < 1.29 is 9.59 Å². The van der Waals surface area contributed by atoms with E-state index in [-0.39, 0.29) is 24.4 Å². The second kappa shape index (κ2) is 8.34. The van der Waals surface area contributed by atoms with Crippen molar-refractivity contribution in [2.45, 2.75) is 25.3 Å². The third-order valence-electron chi connectivity index (χ3n) is 4.31. The van der Waals surface area contributed by atoms with Gasteiger partial charge in [-0.2, -0.15) is 0 Å². The second-order valence-electron chi connectivity index (χ2n) is 5.97. The minimum Gasteiger partial charge on any atom is -0.342 e. The second-order valence-corrected chi connectivity index (χ2v) is 8.84. The van der Waals surface area contributed by atoms with Crippen LogP contribution < -0.4 is 5.32 Å². The van der Waals surface area contributed by atoms with E-state index in [2.05, 4.69) is 21.2 Å². The lowest BCUT2D eigenvalue weighted by Gasteiger charge is -2.25. The molecule has 4 nitrogen and oxygen atoms in total. The zero-order valence-electron chi connectivity index (χ0n) is 13.5. The molecule has 0 bridgehead atoms. The van der Waals surface area contributed by atoms with Crippen molar-refractivity contribution in [2.75, 3.05) is 13.1 Å². The quantitative estimate of drug-likeness (QED) is 0.758. The number of hydrogen-bond donors (Lipinski definition) is 1. The van der Waals surface area contributed by atoms with Gasteiger partial charge in [0.1, 0.15) is 0 Å². The van der Waals surface area contributed by atoms with Crippen molar-refractivity contribution in [1.29, 1.82) is 0 Å². The molecule has 2 aromatic rings. The Morgan fingerprint density at radius 1 is 1.28 bits per heavy atom. The fourth-order valence-electron chi connectivity index (χ4n) is 3.07. The van der Waals surface area contributed by atoms with Crippen LogP contribution in [0, 0.1) is 0 Å². The third-order valence-corrected chi connectivity index (χ3v) is 6.30. The maximum absolute atomic E-state index is 12.5. The molecule has 1 fully saturated rings. The highest BCUT2D eigenvalue weighted by atomic mass is 79.9. The number of amides is 2. The van der Waals surface area contributed by atoms with E-state index in [0.29, 0.717) is 4.88 Å². The lowest BCUT2D eigenvalue weighted by molar-refractivity contribution is -0.130. The monoisotopic (exact) mass is 440 g/mol. The number of nitrogens with zero attached hydrogens (tertiary/aromatic N) is 1. The first-order chi connectivity index (χ1) is 12.0. The van der Waals surface area contributed by atoms with E-state index >= 15 is 0 Å². The lowest BCUT2D eigenvalue weighted by Crippen LogP contribution is -2.43. The normalized spacial score (nSPS) is 16.9. The highest BCUT2D eigenvalue weighted by Crippen LogP contribution is 2.25. The van der Waals surface area contributed by atoms with E-state index in [1.165, 1.54) is 11.3 Å². The molecule has 132 valence electrons. The molecular weight excluding hydrogens is 424 g/mol. The maximum Gasteiger partial charge on any atom is 0.261 e. The predicted molar refractivity (Wildman–Crippen MR) is 104 cm³/mol. The predicted octanol–water partition coefficient (Wildman–Crippen LogP) is 4.13. The molecule has 1 atom stereocenters. The van der Waals surface area contributed by atoms with Gasteiger partial charge < -0.3 is 10.2 Å². The number of likely N-dealkylation sites (tertiary alicyclic amines) is 1. The van der Waals surface area contributed by atoms with Crippen LogP contribution in [-0.2, 0) is 11.2 Å². The number of carbonyl (C=O) groups is 2. The largest absolute Gasteiger partial charge is 0.342 e. The molecule has 1 aliphatic rings. The summed E-state index contributed by atoms with van der Waals surface area (Å²) in [7, 11) is 0. The van der Waals surface area contributed by atoms with Crippen LogP contribution in [0.3, 0.4) is 0 Å². The first-order valence-electron chi connectivity index (χ1n) is 8.11. The molecule has 3 rings (SSSR count). The Hall–Kier alpha value is -1.37. The standard InChI is InChI=1S/C18H18BrClN2O2S/c19-16-8-7-15(25-16)18(24)21-11-17(23)22-9-3-5-13(22)10-12-4-1-2-6-14(12)20/h1-2,4,6-8,13H,3,5,9-11H2,(H,21,24). The molecule has 7 heteroatoms. The molecule has 2 amide bonds. The van der Waals surface area contributed by atoms with Crippen LogP contribution >= 0.6 is 38.9 Å². The topological polar surface area (TPSA) is 49.4 Å². The summed E-state index contributed by atoms with van der Waals surface area (Å²) < 4.78 is 0.892. The summed E-state index contributed by atoms with van der Waals surface area (Å²) in [6, 6.07) is 11.4. The van der Waals surface area contributed by atoms with Crippen LogP contribution in [0.15, 0.2) is 40.2 Å². The Bertz CT molecular complexity index is 780. The Labute approximate surface area is 164 Å². The van der Waals surface area contributed by atoms with E-state index in [1.807, 2.05) is 35.2 Å². The van der Waals surface area contributed by atoms with Gasteiger partial charge in [0.25, 0.3) is 5.91 Å². The average molecular weight is 442 g/mol. The summed E-state index contributed by atoms with van der Waals surface area (Å²) in [5.74, 6) is -0.260. The van der Waals surface area contributed by atoms with E-state index in [0.717, 1.165) is 40.2 Å². The smallest absolute Gasteiger partial charge is 0.261 e. The zero-order valence-corrected chi connectivity index (χ0v) is 16.7. The van der Waals surface area contributed by atoms with Gasteiger partial charge >= 0.3 is 0 Å². The van der Waals surface area contributed by atoms with Gasteiger partial charge in [0.2, 0.25) is 5.91 Å². The molecule has 25 heavy (non-hydrogen) atoms. The molecule has 0 saturated carbocycles. The first kappa shape index (κ1) is 18.4. The van der Waals surface area contributed by atoms with E-state index in [4.69, 9.17) is 11.6 Å². The van der Waals surface area contributed by atoms with Crippen molar-refractivity contribution in [3.8, 4) is 0 Å². The minimum atomic E-state index is -0.217. The highest BCUT2D eigenvalue weighted by Gasteiger charge is 2.29. The minimum absolute atomic E-state index is 0.0212. The summed E-state index contributed by atoms with van der Waals surface area (Å²) in [5, 5.41) is 3.45. The molecule has 2 heterocycles. The number of halogens is 2. The Balaban J connectivity index is 1.57. The number of rotatable bonds is 5. The van der Waals surface area contributed by atoms with E-state index in [1.54, 1.807) is 6.07 Å². The maximum atomic E-state index is 12.5. The molecule has 0 aliphatic carbocycles. The summed E-state index contributed by atoms with van der Waals surface area (Å²) in [4.78, 5) is 27.1. The number of benzene rings is 1. The van der Waals surface area contributed by atoms with Gasteiger partial charge in [-0.25, -0.2) is 0 Å². The summed E-state index contributed by atoms with van der Waals surface area (Å²) >= 11 is 10.9. The van der Waals surface area contributed by atoms with Crippen LogP contribution in [0.2, 0.25) is 5.02 Å². The van der Waals surface area contributed by atoms with Crippen molar-refractivity contribution in [2.24, 2.45) is 0 Å². The summed E-state index contributed by atoms with van der Waals surface area (Å²) in [6.45, 7) is 0.752. The lowest BCUT2D eigenvalue weighted by atomic mass is 10.0. The van der Waals surface area contributed by atoms with Crippen LogP contribution in [0.4, 0.5) is 0 Å². The van der Waals surface area contributed by atoms with Crippen LogP contribution in [-0.4, -0.2) is 35.8 Å². The number of carbonyl (C=O) groups excluding carboxylic acids is 2. The molecule has 1 aliphatic heterocycles. The first-order valence-corrected chi connectivity index (χ1v) is 10.1. The Morgan fingerprint density at radius 3 is 2.80 bits per heavy atom. The molecule has 0 radical (unpaired) electrons. The SMILES string of the molecule is O=C(NCC(=O)N1CCCC1Cc1ccccc1Cl)c1ccc(Br)s1. The fourth-order valence-corrected chi connectivity index (χ4v) is 4.59. The Kier molecular flexibility index (Phi) is 6.15. The van der Waals surface area contributed by atoms with Gasteiger partial charge in [-0.15, -0.1) is 11.3 Å². The number of nitrogens with one attached hydrogen (secondary N) is 1. The summed E-state index contributed by atoms with van der Waals surface area (Å²) in [5.41, 5.74) is 1.06. The van der Waals surface area contributed by atoms with E-state index < -0.39 is 0 Å². The van der Waals surface area contributed by atoms with Gasteiger partial charge in [0.05, 0.1) is 15.2 Å². The molecule has 1 saturated heterocycles. The molecule has 1 aromatic heterocycles. The van der Waals surface area contributed by atoms with Crippen LogP contribution in [0.25, 0.3) is 0 Å². The molecule has 0 spiro atoms.